The predicted molar refractivity (Wildman–Crippen MR) is 114 cm³/mol. The number of aryl methyl sites for hydroxylation is 2. The summed E-state index contributed by atoms with van der Waals surface area (Å²) in [4.78, 5) is 34.9. The summed E-state index contributed by atoms with van der Waals surface area (Å²) in [5.74, 6) is -0.00621. The van der Waals surface area contributed by atoms with Gasteiger partial charge in [0.25, 0.3) is 0 Å². The van der Waals surface area contributed by atoms with Crippen LogP contribution in [0.15, 0.2) is 30.3 Å². The number of para-hydroxylation sites is 1. The number of nitrogens with zero attached hydrogens (tertiary/aromatic N) is 3. The third-order valence-electron chi connectivity index (χ3n) is 5.15. The molecule has 1 unspecified atom stereocenters. The van der Waals surface area contributed by atoms with Gasteiger partial charge in [-0.05, 0) is 52.3 Å². The van der Waals surface area contributed by atoms with Gasteiger partial charge >= 0.3 is 0 Å². The molecule has 2 amide bonds. The Balaban J connectivity index is 1.58. The Morgan fingerprint density at radius 1 is 1.29 bits per heavy atom. The number of nitrogens with one attached hydrogen (secondary N) is 1. The fourth-order valence-electron chi connectivity index (χ4n) is 3.58. The molecule has 1 N–H and O–H groups in total. The van der Waals surface area contributed by atoms with Gasteiger partial charge in [-0.15, -0.1) is 11.3 Å². The summed E-state index contributed by atoms with van der Waals surface area (Å²) >= 11 is 1.49. The normalized spacial score (nSPS) is 17.3. The van der Waals surface area contributed by atoms with Crippen LogP contribution in [0.4, 0.5) is 10.8 Å². The number of aromatic nitrogens is 1. The zero-order valence-corrected chi connectivity index (χ0v) is 17.6. The summed E-state index contributed by atoms with van der Waals surface area (Å²) in [6.07, 6.45) is 1.79. The highest BCUT2D eigenvalue weighted by molar-refractivity contribution is 7.15. The number of carbonyl (C=O) groups is 2. The van der Waals surface area contributed by atoms with Crippen molar-refractivity contribution < 1.29 is 9.59 Å². The minimum Gasteiger partial charge on any atom is -0.312 e. The standard InChI is InChI=1S/C21H28N4O2S/c1-4-25(18-10-6-5-7-11-18)20(27)17-9-8-12-24(13-17)14-19(26)23-21-22-15(2)16(3)28-21/h5-7,10-11,17H,4,8-9,12-14H2,1-3H3,(H,22,23,26). The molecule has 1 aliphatic rings. The second kappa shape index (κ2) is 9.30. The van der Waals surface area contributed by atoms with E-state index in [0.29, 0.717) is 24.8 Å². The Bertz CT molecular complexity index is 802. The number of anilines is 2. The van der Waals surface area contributed by atoms with Crippen LogP contribution in [-0.4, -0.2) is 47.9 Å². The molecule has 0 saturated carbocycles. The van der Waals surface area contributed by atoms with Gasteiger partial charge in [-0.25, -0.2) is 4.98 Å². The van der Waals surface area contributed by atoms with Crippen molar-refractivity contribution in [1.29, 1.82) is 0 Å². The number of carbonyl (C=O) groups excluding carboxylic acids is 2. The number of piperidine rings is 1. The van der Waals surface area contributed by atoms with Crippen molar-refractivity contribution in [3.8, 4) is 0 Å². The number of amides is 2. The zero-order valence-electron chi connectivity index (χ0n) is 16.8. The first-order valence-electron chi connectivity index (χ1n) is 9.80. The molecular formula is C21H28N4O2S. The smallest absolute Gasteiger partial charge is 0.240 e. The molecule has 3 rings (SSSR count). The lowest BCUT2D eigenvalue weighted by molar-refractivity contribution is -0.125. The number of benzene rings is 1. The van der Waals surface area contributed by atoms with Gasteiger partial charge in [0, 0.05) is 23.7 Å². The lowest BCUT2D eigenvalue weighted by Gasteiger charge is -2.34. The molecule has 2 heterocycles. The van der Waals surface area contributed by atoms with E-state index in [4.69, 9.17) is 0 Å². The lowest BCUT2D eigenvalue weighted by Crippen LogP contribution is -2.46. The van der Waals surface area contributed by atoms with Crippen molar-refractivity contribution in [2.75, 3.05) is 36.4 Å². The van der Waals surface area contributed by atoms with Crippen molar-refractivity contribution in [3.05, 3.63) is 40.9 Å². The molecule has 1 fully saturated rings. The molecular weight excluding hydrogens is 372 g/mol. The van der Waals surface area contributed by atoms with Crippen LogP contribution in [0, 0.1) is 19.8 Å². The van der Waals surface area contributed by atoms with Gasteiger partial charge in [-0.1, -0.05) is 18.2 Å². The molecule has 0 spiro atoms. The van der Waals surface area contributed by atoms with E-state index in [1.165, 1.54) is 11.3 Å². The molecule has 28 heavy (non-hydrogen) atoms. The molecule has 1 aromatic heterocycles. The third-order valence-corrected chi connectivity index (χ3v) is 6.14. The predicted octanol–water partition coefficient (Wildman–Crippen LogP) is 3.46. The van der Waals surface area contributed by atoms with Crippen LogP contribution in [0.2, 0.25) is 0 Å². The zero-order chi connectivity index (χ0) is 20.1. The highest BCUT2D eigenvalue weighted by Gasteiger charge is 2.30. The molecule has 1 aliphatic heterocycles. The number of rotatable bonds is 6. The van der Waals surface area contributed by atoms with E-state index in [1.807, 2.05) is 56.0 Å². The molecule has 2 aromatic rings. The van der Waals surface area contributed by atoms with Crippen molar-refractivity contribution >= 4 is 34.0 Å². The van der Waals surface area contributed by atoms with Crippen LogP contribution >= 0.6 is 11.3 Å². The third kappa shape index (κ3) is 4.97. The quantitative estimate of drug-likeness (QED) is 0.806. The molecule has 1 atom stereocenters. The van der Waals surface area contributed by atoms with Crippen LogP contribution in [0.5, 0.6) is 0 Å². The average Bonchev–Trinajstić information content (AvgIpc) is 3.00. The van der Waals surface area contributed by atoms with Crippen LogP contribution < -0.4 is 10.2 Å². The van der Waals surface area contributed by atoms with Gasteiger partial charge < -0.3 is 10.2 Å². The lowest BCUT2D eigenvalue weighted by atomic mass is 9.96. The van der Waals surface area contributed by atoms with E-state index in [1.54, 1.807) is 0 Å². The van der Waals surface area contributed by atoms with E-state index >= 15 is 0 Å². The van der Waals surface area contributed by atoms with Crippen molar-refractivity contribution in [3.63, 3.8) is 0 Å². The average molecular weight is 401 g/mol. The maximum absolute atomic E-state index is 13.1. The Morgan fingerprint density at radius 3 is 2.68 bits per heavy atom. The number of hydrogen-bond acceptors (Lipinski definition) is 5. The summed E-state index contributed by atoms with van der Waals surface area (Å²) in [6.45, 7) is 8.32. The van der Waals surface area contributed by atoms with E-state index in [9.17, 15) is 9.59 Å². The molecule has 0 bridgehead atoms. The largest absolute Gasteiger partial charge is 0.312 e. The molecule has 1 aromatic carbocycles. The fraction of sp³-hybridized carbons (Fsp3) is 0.476. The first-order chi connectivity index (χ1) is 13.5. The van der Waals surface area contributed by atoms with E-state index in [2.05, 4.69) is 15.2 Å². The minimum absolute atomic E-state index is 0.0720. The van der Waals surface area contributed by atoms with Crippen molar-refractivity contribution in [2.24, 2.45) is 5.92 Å². The van der Waals surface area contributed by atoms with E-state index < -0.39 is 0 Å². The molecule has 1 saturated heterocycles. The summed E-state index contributed by atoms with van der Waals surface area (Å²) < 4.78 is 0. The second-order valence-corrected chi connectivity index (χ2v) is 8.40. The second-order valence-electron chi connectivity index (χ2n) is 7.20. The molecule has 150 valence electrons. The fourth-order valence-corrected chi connectivity index (χ4v) is 4.41. The Labute approximate surface area is 170 Å². The highest BCUT2D eigenvalue weighted by Crippen LogP contribution is 2.24. The van der Waals surface area contributed by atoms with Crippen LogP contribution in [0.3, 0.4) is 0 Å². The first-order valence-corrected chi connectivity index (χ1v) is 10.6. The highest BCUT2D eigenvalue weighted by atomic mass is 32.1. The topological polar surface area (TPSA) is 65.5 Å². The van der Waals surface area contributed by atoms with Gasteiger partial charge in [0.15, 0.2) is 5.13 Å². The summed E-state index contributed by atoms with van der Waals surface area (Å²) in [5.41, 5.74) is 1.88. The first kappa shape index (κ1) is 20.5. The SMILES string of the molecule is CCN(C(=O)C1CCCN(CC(=O)Nc2nc(C)c(C)s2)C1)c1ccccc1. The minimum atomic E-state index is -0.0777. The van der Waals surface area contributed by atoms with Crippen LogP contribution in [0.25, 0.3) is 0 Å². The molecule has 6 nitrogen and oxygen atoms in total. The van der Waals surface area contributed by atoms with E-state index in [0.717, 1.165) is 35.6 Å². The maximum Gasteiger partial charge on any atom is 0.240 e. The maximum atomic E-state index is 13.1. The number of hydrogen-bond donors (Lipinski definition) is 1. The molecule has 0 aliphatic carbocycles. The summed E-state index contributed by atoms with van der Waals surface area (Å²) in [7, 11) is 0. The molecule has 7 heteroatoms. The van der Waals surface area contributed by atoms with Gasteiger partial charge in [-0.3, -0.25) is 14.5 Å². The van der Waals surface area contributed by atoms with Crippen molar-refractivity contribution in [2.45, 2.75) is 33.6 Å². The van der Waals surface area contributed by atoms with Crippen molar-refractivity contribution in [1.82, 2.24) is 9.88 Å². The monoisotopic (exact) mass is 400 g/mol. The number of thiazole rings is 1. The summed E-state index contributed by atoms with van der Waals surface area (Å²) in [6, 6.07) is 9.78. The Morgan fingerprint density at radius 2 is 2.04 bits per heavy atom. The summed E-state index contributed by atoms with van der Waals surface area (Å²) in [5, 5.41) is 3.53. The van der Waals surface area contributed by atoms with Crippen LogP contribution in [-0.2, 0) is 9.59 Å². The van der Waals surface area contributed by atoms with Crippen LogP contribution in [0.1, 0.15) is 30.3 Å². The molecule has 0 radical (unpaired) electrons. The Kier molecular flexibility index (Phi) is 6.80. The van der Waals surface area contributed by atoms with Gasteiger partial charge in [0.1, 0.15) is 0 Å². The van der Waals surface area contributed by atoms with Gasteiger partial charge in [0.2, 0.25) is 11.8 Å². The van der Waals surface area contributed by atoms with Gasteiger partial charge in [-0.2, -0.15) is 0 Å². The number of likely N-dealkylation sites (tertiary alicyclic amines) is 1. The van der Waals surface area contributed by atoms with E-state index in [-0.39, 0.29) is 17.7 Å². The Hall–Kier alpha value is -2.25. The van der Waals surface area contributed by atoms with Gasteiger partial charge in [0.05, 0.1) is 18.2 Å².